The van der Waals surface area contributed by atoms with E-state index in [1.54, 1.807) is 0 Å². The zero-order valence-electron chi connectivity index (χ0n) is 15.0. The minimum Gasteiger partial charge on any atom is -0.381 e. The van der Waals surface area contributed by atoms with Crippen LogP contribution in [0, 0.1) is 0 Å². The van der Waals surface area contributed by atoms with Crippen molar-refractivity contribution in [3.05, 3.63) is 18.0 Å². The van der Waals surface area contributed by atoms with E-state index in [2.05, 4.69) is 35.6 Å². The maximum absolute atomic E-state index is 12.6. The molecule has 7 heteroatoms. The summed E-state index contributed by atoms with van der Waals surface area (Å²) in [5.74, 6) is 0.398. The van der Waals surface area contributed by atoms with Crippen LogP contribution in [0.1, 0.15) is 30.7 Å². The second-order valence-electron chi connectivity index (χ2n) is 7.27. The molecule has 0 radical (unpaired) electrons. The summed E-state index contributed by atoms with van der Waals surface area (Å²) in [7, 11) is 6.11. The van der Waals surface area contributed by atoms with Crippen LogP contribution < -0.4 is 5.32 Å². The van der Waals surface area contributed by atoms with Crippen LogP contribution in [0.15, 0.2) is 12.4 Å². The first-order valence-corrected chi connectivity index (χ1v) is 8.77. The summed E-state index contributed by atoms with van der Waals surface area (Å²) in [5, 5.41) is 7.40. The van der Waals surface area contributed by atoms with Crippen LogP contribution in [0.25, 0.3) is 0 Å². The van der Waals surface area contributed by atoms with E-state index in [4.69, 9.17) is 4.74 Å². The number of amides is 2. The molecule has 0 bridgehead atoms. The molecule has 2 aliphatic heterocycles. The molecule has 1 aromatic heterocycles. The van der Waals surface area contributed by atoms with E-state index in [0.717, 1.165) is 45.6 Å². The lowest BCUT2D eigenvalue weighted by Crippen LogP contribution is -2.57. The van der Waals surface area contributed by atoms with Gasteiger partial charge in [-0.05, 0) is 38.9 Å². The van der Waals surface area contributed by atoms with Crippen LogP contribution in [-0.2, 0) is 11.8 Å². The molecule has 0 unspecified atom stereocenters. The van der Waals surface area contributed by atoms with Gasteiger partial charge in [-0.3, -0.25) is 4.68 Å². The third kappa shape index (κ3) is 3.57. The Labute approximate surface area is 143 Å². The Morgan fingerprint density at radius 3 is 2.83 bits per heavy atom. The van der Waals surface area contributed by atoms with Gasteiger partial charge in [0.15, 0.2) is 0 Å². The topological polar surface area (TPSA) is 62.6 Å². The van der Waals surface area contributed by atoms with Crippen LogP contribution in [0.5, 0.6) is 0 Å². The van der Waals surface area contributed by atoms with Crippen molar-refractivity contribution in [1.82, 2.24) is 24.9 Å². The van der Waals surface area contributed by atoms with Crippen molar-refractivity contribution in [2.24, 2.45) is 7.05 Å². The lowest BCUT2D eigenvalue weighted by atomic mass is 9.88. The Kier molecular flexibility index (Phi) is 5.10. The zero-order chi connectivity index (χ0) is 17.2. The molecule has 24 heavy (non-hydrogen) atoms. The fourth-order valence-electron chi connectivity index (χ4n) is 3.75. The smallest absolute Gasteiger partial charge is 0.317 e. The second kappa shape index (κ2) is 7.11. The number of likely N-dealkylation sites (N-methyl/N-ethyl adjacent to an activating group) is 1. The van der Waals surface area contributed by atoms with Crippen LogP contribution in [-0.4, -0.2) is 78.1 Å². The molecule has 1 atom stereocenters. The van der Waals surface area contributed by atoms with Gasteiger partial charge in [-0.1, -0.05) is 0 Å². The van der Waals surface area contributed by atoms with Gasteiger partial charge in [0.2, 0.25) is 0 Å². The number of likely N-dealkylation sites (tertiary alicyclic amines) is 1. The first-order valence-electron chi connectivity index (χ1n) is 8.77. The summed E-state index contributed by atoms with van der Waals surface area (Å²) in [4.78, 5) is 16.7. The Morgan fingerprint density at radius 2 is 2.21 bits per heavy atom. The molecule has 2 aliphatic rings. The van der Waals surface area contributed by atoms with E-state index in [9.17, 15) is 4.79 Å². The van der Waals surface area contributed by atoms with E-state index in [1.807, 2.05) is 22.8 Å². The predicted octanol–water partition coefficient (Wildman–Crippen LogP) is 1.03. The molecule has 7 nitrogen and oxygen atoms in total. The van der Waals surface area contributed by atoms with Gasteiger partial charge < -0.3 is 19.9 Å². The minimum absolute atomic E-state index is 0.0103. The van der Waals surface area contributed by atoms with Crippen molar-refractivity contribution >= 4 is 6.03 Å². The maximum Gasteiger partial charge on any atom is 0.317 e. The molecule has 3 rings (SSSR count). The predicted molar refractivity (Wildman–Crippen MR) is 92.0 cm³/mol. The molecule has 1 aromatic rings. The van der Waals surface area contributed by atoms with Gasteiger partial charge in [0, 0.05) is 57.5 Å². The highest BCUT2D eigenvalue weighted by Crippen LogP contribution is 2.28. The quantitative estimate of drug-likeness (QED) is 0.893. The Morgan fingerprint density at radius 1 is 1.46 bits per heavy atom. The average Bonchev–Trinajstić information content (AvgIpc) is 3.22. The summed E-state index contributed by atoms with van der Waals surface area (Å²) in [6.45, 7) is 3.79. The van der Waals surface area contributed by atoms with Crippen LogP contribution >= 0.6 is 0 Å². The molecule has 2 saturated heterocycles. The molecule has 0 aromatic carbocycles. The van der Waals surface area contributed by atoms with E-state index >= 15 is 0 Å². The summed E-state index contributed by atoms with van der Waals surface area (Å²) in [5.41, 5.74) is 1.23. The van der Waals surface area contributed by atoms with E-state index in [0.29, 0.717) is 12.5 Å². The summed E-state index contributed by atoms with van der Waals surface area (Å²) < 4.78 is 7.31. The van der Waals surface area contributed by atoms with Gasteiger partial charge in [-0.2, -0.15) is 5.10 Å². The molecule has 0 saturated carbocycles. The molecule has 3 heterocycles. The molecular formula is C17H29N5O2. The Hall–Kier alpha value is -1.60. The van der Waals surface area contributed by atoms with Gasteiger partial charge >= 0.3 is 6.03 Å². The largest absolute Gasteiger partial charge is 0.381 e. The lowest BCUT2D eigenvalue weighted by Gasteiger charge is -2.43. The van der Waals surface area contributed by atoms with E-state index in [-0.39, 0.29) is 11.6 Å². The number of ether oxygens (including phenoxy) is 1. The van der Waals surface area contributed by atoms with Crippen molar-refractivity contribution in [3.8, 4) is 0 Å². The number of rotatable bonds is 4. The van der Waals surface area contributed by atoms with E-state index in [1.165, 1.54) is 5.56 Å². The standard InChI is InChI=1S/C17H29N5O2/c1-20(2)17(5-8-24-9-6-17)13-18-16(23)22-7-4-14(12-22)15-10-19-21(3)11-15/h10-11,14H,4-9,12-13H2,1-3H3,(H,18,23)/t14-/m1/s1. The highest BCUT2D eigenvalue weighted by molar-refractivity contribution is 5.74. The van der Waals surface area contributed by atoms with Crippen LogP contribution in [0.2, 0.25) is 0 Å². The lowest BCUT2D eigenvalue weighted by molar-refractivity contribution is -0.00613. The van der Waals surface area contributed by atoms with Gasteiger partial charge in [0.25, 0.3) is 0 Å². The summed E-state index contributed by atoms with van der Waals surface area (Å²) >= 11 is 0. The fourth-order valence-corrected chi connectivity index (χ4v) is 3.75. The van der Waals surface area contributed by atoms with E-state index < -0.39 is 0 Å². The van der Waals surface area contributed by atoms with Crippen molar-refractivity contribution in [2.45, 2.75) is 30.7 Å². The number of carbonyl (C=O) groups is 1. The number of aryl methyl sites for hydroxylation is 1. The normalized spacial score (nSPS) is 23.7. The monoisotopic (exact) mass is 335 g/mol. The summed E-state index contributed by atoms with van der Waals surface area (Å²) in [6.07, 6.45) is 6.88. The highest BCUT2D eigenvalue weighted by Gasteiger charge is 2.36. The SMILES string of the molecule is CN(C)C1(CNC(=O)N2CC[C@@H](c3cnn(C)c3)C2)CCOCC1. The van der Waals surface area contributed by atoms with Gasteiger partial charge in [0.05, 0.1) is 6.20 Å². The number of nitrogens with one attached hydrogen (secondary N) is 1. The van der Waals surface area contributed by atoms with Crippen LogP contribution in [0.3, 0.4) is 0 Å². The van der Waals surface area contributed by atoms with Crippen molar-refractivity contribution in [3.63, 3.8) is 0 Å². The molecule has 134 valence electrons. The number of carbonyl (C=O) groups excluding carboxylic acids is 1. The molecule has 2 fully saturated rings. The minimum atomic E-state index is 0.0103. The first kappa shape index (κ1) is 17.2. The molecular weight excluding hydrogens is 306 g/mol. The molecule has 1 N–H and O–H groups in total. The number of nitrogens with zero attached hydrogens (tertiary/aromatic N) is 4. The third-order valence-electron chi connectivity index (χ3n) is 5.61. The number of aromatic nitrogens is 2. The number of urea groups is 1. The Balaban J connectivity index is 1.53. The average molecular weight is 335 g/mol. The molecule has 0 spiro atoms. The van der Waals surface area contributed by atoms with Crippen LogP contribution in [0.4, 0.5) is 4.79 Å². The third-order valence-corrected chi connectivity index (χ3v) is 5.61. The highest BCUT2D eigenvalue weighted by atomic mass is 16.5. The van der Waals surface area contributed by atoms with Gasteiger partial charge in [-0.25, -0.2) is 4.79 Å². The van der Waals surface area contributed by atoms with Crippen molar-refractivity contribution in [2.75, 3.05) is 46.9 Å². The number of hydrogen-bond acceptors (Lipinski definition) is 4. The van der Waals surface area contributed by atoms with Gasteiger partial charge in [-0.15, -0.1) is 0 Å². The molecule has 2 amide bonds. The van der Waals surface area contributed by atoms with Crippen molar-refractivity contribution in [1.29, 1.82) is 0 Å². The summed E-state index contributed by atoms with van der Waals surface area (Å²) in [6, 6.07) is 0.0501. The fraction of sp³-hybridized carbons (Fsp3) is 0.765. The molecule has 0 aliphatic carbocycles. The van der Waals surface area contributed by atoms with Gasteiger partial charge in [0.1, 0.15) is 0 Å². The zero-order valence-corrected chi connectivity index (χ0v) is 15.0. The number of hydrogen-bond donors (Lipinski definition) is 1. The first-order chi connectivity index (χ1) is 11.5. The Bertz CT molecular complexity index is 565. The maximum atomic E-state index is 12.6. The second-order valence-corrected chi connectivity index (χ2v) is 7.27. The van der Waals surface area contributed by atoms with Crippen molar-refractivity contribution < 1.29 is 9.53 Å².